The first-order valence-electron chi connectivity index (χ1n) is 4.89. The van der Waals surface area contributed by atoms with Crippen LogP contribution in [0.25, 0.3) is 10.4 Å². The van der Waals surface area contributed by atoms with Gasteiger partial charge < -0.3 is 15.6 Å². The number of rotatable bonds is 3. The summed E-state index contributed by atoms with van der Waals surface area (Å²) in [5.74, 6) is -0.232. The quantitative estimate of drug-likeness (QED) is 0.877. The topological polar surface area (TPSA) is 72.5 Å². The third kappa shape index (κ3) is 2.24. The molecular formula is C12H11NO3S. The molecule has 0 radical (unpaired) electrons. The minimum absolute atomic E-state index is 0.177. The Labute approximate surface area is 102 Å². The number of anilines is 1. The van der Waals surface area contributed by atoms with Gasteiger partial charge in [-0.25, -0.2) is 4.79 Å². The van der Waals surface area contributed by atoms with Crippen LogP contribution in [-0.4, -0.2) is 18.2 Å². The lowest BCUT2D eigenvalue weighted by molar-refractivity contribution is 0.0703. The fraction of sp³-hybridized carbons (Fsp3) is 0.0833. The maximum atomic E-state index is 10.9. The summed E-state index contributed by atoms with van der Waals surface area (Å²) >= 11 is 1.17. The van der Waals surface area contributed by atoms with Crippen molar-refractivity contribution < 1.29 is 14.6 Å². The van der Waals surface area contributed by atoms with Gasteiger partial charge in [0.05, 0.1) is 12.8 Å². The van der Waals surface area contributed by atoms with Gasteiger partial charge >= 0.3 is 5.97 Å². The van der Waals surface area contributed by atoms with Crippen LogP contribution in [-0.2, 0) is 0 Å². The number of nitrogens with two attached hydrogens (primary N) is 1. The molecule has 3 N–H and O–H groups in total. The van der Waals surface area contributed by atoms with E-state index < -0.39 is 5.97 Å². The van der Waals surface area contributed by atoms with Crippen LogP contribution in [0.15, 0.2) is 30.3 Å². The lowest BCUT2D eigenvalue weighted by Gasteiger charge is -2.00. The Morgan fingerprint density at radius 2 is 2.00 bits per heavy atom. The summed E-state index contributed by atoms with van der Waals surface area (Å²) in [6.45, 7) is 0. The number of hydrogen-bond acceptors (Lipinski definition) is 4. The minimum atomic E-state index is -0.993. The van der Waals surface area contributed by atoms with Gasteiger partial charge in [-0.3, -0.25) is 0 Å². The Hall–Kier alpha value is -2.01. The van der Waals surface area contributed by atoms with E-state index in [2.05, 4.69) is 0 Å². The summed E-state index contributed by atoms with van der Waals surface area (Å²) in [5.41, 5.74) is 6.87. The molecule has 0 amide bonds. The Balaban J connectivity index is 2.39. The number of aromatic carboxylic acids is 1. The summed E-state index contributed by atoms with van der Waals surface area (Å²) in [6, 6.07) is 9.07. The van der Waals surface area contributed by atoms with Crippen molar-refractivity contribution in [3.8, 4) is 16.2 Å². The molecule has 0 aliphatic rings. The summed E-state index contributed by atoms with van der Waals surface area (Å²) < 4.78 is 5.06. The van der Waals surface area contributed by atoms with Crippen molar-refractivity contribution in [2.45, 2.75) is 0 Å². The predicted octanol–water partition coefficient (Wildman–Crippen LogP) is 2.70. The highest BCUT2D eigenvalue weighted by Crippen LogP contribution is 2.33. The first-order chi connectivity index (χ1) is 8.11. The molecule has 1 heterocycles. The van der Waals surface area contributed by atoms with Gasteiger partial charge in [-0.05, 0) is 35.9 Å². The number of carboxylic acids is 1. The number of carbonyl (C=O) groups is 1. The third-order valence-corrected chi connectivity index (χ3v) is 3.52. The molecule has 17 heavy (non-hydrogen) atoms. The molecule has 4 nitrogen and oxygen atoms in total. The van der Waals surface area contributed by atoms with Crippen LogP contribution in [0.2, 0.25) is 0 Å². The average Bonchev–Trinajstić information content (AvgIpc) is 2.71. The second-order valence-electron chi connectivity index (χ2n) is 3.43. The summed E-state index contributed by atoms with van der Waals surface area (Å²) in [5, 5.41) is 8.92. The molecule has 1 aromatic carbocycles. The molecule has 5 heteroatoms. The van der Waals surface area contributed by atoms with Crippen molar-refractivity contribution in [3.05, 3.63) is 35.2 Å². The van der Waals surface area contributed by atoms with Crippen LogP contribution in [0.1, 0.15) is 9.67 Å². The normalized spacial score (nSPS) is 10.2. The maximum absolute atomic E-state index is 10.9. The van der Waals surface area contributed by atoms with Gasteiger partial charge in [0.15, 0.2) is 0 Å². The molecular weight excluding hydrogens is 238 g/mol. The van der Waals surface area contributed by atoms with Gasteiger partial charge in [0, 0.05) is 4.88 Å². The predicted molar refractivity (Wildman–Crippen MR) is 67.7 cm³/mol. The Morgan fingerprint density at radius 3 is 2.47 bits per heavy atom. The largest absolute Gasteiger partial charge is 0.497 e. The molecule has 2 rings (SSSR count). The number of ether oxygens (including phenoxy) is 1. The smallest absolute Gasteiger partial charge is 0.348 e. The lowest BCUT2D eigenvalue weighted by atomic mass is 10.2. The molecule has 0 spiro atoms. The fourth-order valence-corrected chi connectivity index (χ4v) is 2.39. The van der Waals surface area contributed by atoms with Crippen molar-refractivity contribution in [2.24, 2.45) is 0 Å². The molecule has 0 saturated heterocycles. The van der Waals surface area contributed by atoms with Crippen molar-refractivity contribution in [1.82, 2.24) is 0 Å². The molecule has 1 aromatic heterocycles. The highest BCUT2D eigenvalue weighted by Gasteiger charge is 2.13. The molecule has 0 saturated carbocycles. The highest BCUT2D eigenvalue weighted by atomic mass is 32.1. The van der Waals surface area contributed by atoms with Crippen LogP contribution in [0, 0.1) is 0 Å². The van der Waals surface area contributed by atoms with Crippen LogP contribution in [0.4, 0.5) is 5.69 Å². The minimum Gasteiger partial charge on any atom is -0.497 e. The number of methoxy groups -OCH3 is 1. The second kappa shape index (κ2) is 4.47. The van der Waals surface area contributed by atoms with Gasteiger partial charge in [0.2, 0.25) is 0 Å². The van der Waals surface area contributed by atoms with Crippen LogP contribution in [0.3, 0.4) is 0 Å². The molecule has 0 fully saturated rings. The van der Waals surface area contributed by atoms with E-state index in [4.69, 9.17) is 15.6 Å². The zero-order valence-corrected chi connectivity index (χ0v) is 9.95. The number of nitrogen functional groups attached to an aromatic ring is 1. The van der Waals surface area contributed by atoms with E-state index in [-0.39, 0.29) is 4.88 Å². The maximum Gasteiger partial charge on any atom is 0.348 e. The average molecular weight is 249 g/mol. The zero-order chi connectivity index (χ0) is 12.4. The molecule has 0 bridgehead atoms. The number of carboxylic acid groups (broad SMARTS) is 1. The third-order valence-electron chi connectivity index (χ3n) is 2.33. The SMILES string of the molecule is COc1ccc(-c2cc(N)c(C(=O)O)s2)cc1. The van der Waals surface area contributed by atoms with E-state index in [0.29, 0.717) is 5.69 Å². The van der Waals surface area contributed by atoms with Crippen molar-refractivity contribution in [3.63, 3.8) is 0 Å². The van der Waals surface area contributed by atoms with E-state index >= 15 is 0 Å². The Kier molecular flexibility index (Phi) is 3.01. The van der Waals surface area contributed by atoms with Gasteiger partial charge in [0.1, 0.15) is 10.6 Å². The number of thiophene rings is 1. The van der Waals surface area contributed by atoms with E-state index in [9.17, 15) is 4.79 Å². The molecule has 0 unspecified atom stereocenters. The Morgan fingerprint density at radius 1 is 1.35 bits per heavy atom. The molecule has 0 aliphatic heterocycles. The fourth-order valence-electron chi connectivity index (χ4n) is 1.47. The monoisotopic (exact) mass is 249 g/mol. The lowest BCUT2D eigenvalue weighted by Crippen LogP contribution is -1.96. The number of hydrogen-bond donors (Lipinski definition) is 2. The van der Waals surface area contributed by atoms with Crippen LogP contribution in [0.5, 0.6) is 5.75 Å². The molecule has 2 aromatic rings. The first kappa shape index (κ1) is 11.5. The van der Waals surface area contributed by atoms with Crippen molar-refractivity contribution >= 4 is 23.0 Å². The number of benzene rings is 1. The zero-order valence-electron chi connectivity index (χ0n) is 9.14. The summed E-state index contributed by atoms with van der Waals surface area (Å²) in [6.07, 6.45) is 0. The van der Waals surface area contributed by atoms with Gasteiger partial charge in [-0.1, -0.05) is 0 Å². The standard InChI is InChI=1S/C12H11NO3S/c1-16-8-4-2-7(3-5-8)10-6-9(13)11(17-10)12(14)15/h2-6H,13H2,1H3,(H,14,15). The van der Waals surface area contributed by atoms with E-state index in [1.807, 2.05) is 24.3 Å². The highest BCUT2D eigenvalue weighted by molar-refractivity contribution is 7.17. The molecule has 88 valence electrons. The Bertz CT molecular complexity index is 545. The van der Waals surface area contributed by atoms with Gasteiger partial charge in [-0.15, -0.1) is 11.3 Å². The molecule has 0 aliphatic carbocycles. The first-order valence-corrected chi connectivity index (χ1v) is 5.70. The van der Waals surface area contributed by atoms with Gasteiger partial charge in [0.25, 0.3) is 0 Å². The second-order valence-corrected chi connectivity index (χ2v) is 4.48. The van der Waals surface area contributed by atoms with Crippen LogP contribution >= 0.6 is 11.3 Å². The van der Waals surface area contributed by atoms with E-state index in [0.717, 1.165) is 16.2 Å². The van der Waals surface area contributed by atoms with Crippen molar-refractivity contribution in [2.75, 3.05) is 12.8 Å². The summed E-state index contributed by atoms with van der Waals surface area (Å²) in [4.78, 5) is 11.9. The van der Waals surface area contributed by atoms with Gasteiger partial charge in [-0.2, -0.15) is 0 Å². The molecule has 0 atom stereocenters. The summed E-state index contributed by atoms with van der Waals surface area (Å²) in [7, 11) is 1.60. The van der Waals surface area contributed by atoms with E-state index in [1.165, 1.54) is 11.3 Å². The van der Waals surface area contributed by atoms with Crippen LogP contribution < -0.4 is 10.5 Å². The van der Waals surface area contributed by atoms with E-state index in [1.54, 1.807) is 13.2 Å². The van der Waals surface area contributed by atoms with Crippen molar-refractivity contribution in [1.29, 1.82) is 0 Å².